The van der Waals surface area contributed by atoms with E-state index in [2.05, 4.69) is 16.3 Å². The highest BCUT2D eigenvalue weighted by atomic mass is 16.2. The van der Waals surface area contributed by atoms with Gasteiger partial charge in [-0.15, -0.1) is 0 Å². The first kappa shape index (κ1) is 12.6. The Bertz CT molecular complexity index is 676. The standard InChI is InChI=1S/C15H15N3O2/c1-10(20)18-6-2-3-12-7-11(4-5-15(12)18)14-8-13(9-19)16-17-14/h4-5,7-9H,2-3,6H2,1H3,(H,16,17). The summed E-state index contributed by atoms with van der Waals surface area (Å²) in [4.78, 5) is 24.1. The molecule has 2 heterocycles. The van der Waals surface area contributed by atoms with E-state index in [1.54, 1.807) is 13.0 Å². The molecule has 1 aliphatic heterocycles. The number of carbonyl (C=O) groups is 2. The molecule has 3 rings (SSSR count). The normalized spacial score (nSPS) is 13.9. The van der Waals surface area contributed by atoms with Gasteiger partial charge in [-0.25, -0.2) is 0 Å². The predicted molar refractivity (Wildman–Crippen MR) is 75.8 cm³/mol. The van der Waals surface area contributed by atoms with Crippen LogP contribution in [-0.4, -0.2) is 28.9 Å². The molecular formula is C15H15N3O2. The molecule has 0 spiro atoms. The van der Waals surface area contributed by atoms with Gasteiger partial charge in [-0.2, -0.15) is 5.10 Å². The third-order valence-corrected chi connectivity index (χ3v) is 3.60. The Balaban J connectivity index is 2.00. The van der Waals surface area contributed by atoms with E-state index < -0.39 is 0 Å². The zero-order chi connectivity index (χ0) is 14.1. The lowest BCUT2D eigenvalue weighted by molar-refractivity contribution is -0.116. The highest BCUT2D eigenvalue weighted by molar-refractivity contribution is 5.93. The fourth-order valence-corrected chi connectivity index (χ4v) is 2.63. The van der Waals surface area contributed by atoms with Crippen LogP contribution in [0.3, 0.4) is 0 Å². The van der Waals surface area contributed by atoms with Crippen LogP contribution in [0.25, 0.3) is 11.3 Å². The second kappa shape index (κ2) is 4.92. The molecule has 0 saturated carbocycles. The Morgan fingerprint density at radius 3 is 2.95 bits per heavy atom. The molecule has 0 aliphatic carbocycles. The first-order valence-corrected chi connectivity index (χ1v) is 6.61. The Morgan fingerprint density at radius 2 is 2.25 bits per heavy atom. The molecule has 0 saturated heterocycles. The number of amides is 1. The number of aromatic nitrogens is 2. The number of aryl methyl sites for hydroxylation is 1. The number of aromatic amines is 1. The van der Waals surface area contributed by atoms with Gasteiger partial charge >= 0.3 is 0 Å². The van der Waals surface area contributed by atoms with Gasteiger partial charge in [-0.3, -0.25) is 14.7 Å². The summed E-state index contributed by atoms with van der Waals surface area (Å²) in [6.45, 7) is 2.37. The molecule has 2 aromatic rings. The van der Waals surface area contributed by atoms with Gasteiger partial charge in [-0.1, -0.05) is 6.07 Å². The second-order valence-corrected chi connectivity index (χ2v) is 4.94. The van der Waals surface area contributed by atoms with Gasteiger partial charge < -0.3 is 4.90 Å². The smallest absolute Gasteiger partial charge is 0.223 e. The molecule has 0 fully saturated rings. The van der Waals surface area contributed by atoms with Crippen LogP contribution in [0.1, 0.15) is 29.4 Å². The zero-order valence-electron chi connectivity index (χ0n) is 11.2. The Labute approximate surface area is 116 Å². The molecule has 20 heavy (non-hydrogen) atoms. The third kappa shape index (κ3) is 2.11. The fraction of sp³-hybridized carbons (Fsp3) is 0.267. The van der Waals surface area contributed by atoms with Crippen molar-refractivity contribution in [2.24, 2.45) is 0 Å². The lowest BCUT2D eigenvalue weighted by atomic mass is 9.98. The minimum Gasteiger partial charge on any atom is -0.312 e. The van der Waals surface area contributed by atoms with E-state index in [1.165, 1.54) is 0 Å². The number of nitrogens with one attached hydrogen (secondary N) is 1. The van der Waals surface area contributed by atoms with Crippen LogP contribution in [0.5, 0.6) is 0 Å². The van der Waals surface area contributed by atoms with E-state index in [1.807, 2.05) is 17.0 Å². The summed E-state index contributed by atoms with van der Waals surface area (Å²) >= 11 is 0. The first-order chi connectivity index (χ1) is 9.69. The van der Waals surface area contributed by atoms with E-state index in [9.17, 15) is 9.59 Å². The second-order valence-electron chi connectivity index (χ2n) is 4.94. The largest absolute Gasteiger partial charge is 0.312 e. The van der Waals surface area contributed by atoms with Crippen molar-refractivity contribution in [3.63, 3.8) is 0 Å². The van der Waals surface area contributed by atoms with Crippen LogP contribution in [0.2, 0.25) is 0 Å². The van der Waals surface area contributed by atoms with Crippen molar-refractivity contribution in [2.45, 2.75) is 19.8 Å². The molecule has 1 N–H and O–H groups in total. The van der Waals surface area contributed by atoms with Crippen molar-refractivity contribution >= 4 is 17.9 Å². The van der Waals surface area contributed by atoms with Crippen LogP contribution in [0.15, 0.2) is 24.3 Å². The summed E-state index contributed by atoms with van der Waals surface area (Å²) in [6, 6.07) is 7.67. The van der Waals surface area contributed by atoms with Gasteiger partial charge in [0.2, 0.25) is 5.91 Å². The average Bonchev–Trinajstić information content (AvgIpc) is 2.94. The molecule has 0 bridgehead atoms. The van der Waals surface area contributed by atoms with E-state index in [-0.39, 0.29) is 5.91 Å². The van der Waals surface area contributed by atoms with E-state index >= 15 is 0 Å². The third-order valence-electron chi connectivity index (χ3n) is 3.60. The molecular weight excluding hydrogens is 254 g/mol. The Morgan fingerprint density at radius 1 is 1.40 bits per heavy atom. The maximum Gasteiger partial charge on any atom is 0.223 e. The van der Waals surface area contributed by atoms with Crippen molar-refractivity contribution < 1.29 is 9.59 Å². The van der Waals surface area contributed by atoms with Crippen molar-refractivity contribution in [3.05, 3.63) is 35.5 Å². The van der Waals surface area contributed by atoms with Crippen molar-refractivity contribution in [2.75, 3.05) is 11.4 Å². The van der Waals surface area contributed by atoms with E-state index in [0.29, 0.717) is 5.69 Å². The molecule has 102 valence electrons. The summed E-state index contributed by atoms with van der Waals surface area (Å²) in [5.41, 5.74) is 4.30. The molecule has 5 nitrogen and oxygen atoms in total. The number of benzene rings is 1. The van der Waals surface area contributed by atoms with Crippen molar-refractivity contribution in [1.82, 2.24) is 10.2 Å². The van der Waals surface area contributed by atoms with Gasteiger partial charge in [0.25, 0.3) is 0 Å². The molecule has 0 radical (unpaired) electrons. The molecule has 0 atom stereocenters. The number of H-pyrrole nitrogens is 1. The van der Waals surface area contributed by atoms with Crippen LogP contribution in [-0.2, 0) is 11.2 Å². The van der Waals surface area contributed by atoms with Gasteiger partial charge in [0, 0.05) is 24.7 Å². The maximum atomic E-state index is 11.6. The predicted octanol–water partition coefficient (Wildman–Crippen LogP) is 2.19. The van der Waals surface area contributed by atoms with Gasteiger partial charge in [0.15, 0.2) is 6.29 Å². The fourth-order valence-electron chi connectivity index (χ4n) is 2.63. The highest BCUT2D eigenvalue weighted by Gasteiger charge is 2.20. The number of hydrogen-bond donors (Lipinski definition) is 1. The average molecular weight is 269 g/mol. The summed E-state index contributed by atoms with van der Waals surface area (Å²) in [5.74, 6) is 0.0710. The topological polar surface area (TPSA) is 66.1 Å². The van der Waals surface area contributed by atoms with Gasteiger partial charge in [0.1, 0.15) is 0 Å². The number of aldehydes is 1. The van der Waals surface area contributed by atoms with Crippen LogP contribution >= 0.6 is 0 Å². The van der Waals surface area contributed by atoms with E-state index in [0.717, 1.165) is 48.2 Å². The SMILES string of the molecule is CC(=O)N1CCCc2cc(-c3cc(C=O)[nH]n3)ccc21. The maximum absolute atomic E-state index is 11.6. The summed E-state index contributed by atoms with van der Waals surface area (Å²) in [7, 11) is 0. The number of hydrogen-bond acceptors (Lipinski definition) is 3. The molecule has 5 heteroatoms. The number of nitrogens with zero attached hydrogens (tertiary/aromatic N) is 2. The number of anilines is 1. The lowest BCUT2D eigenvalue weighted by Gasteiger charge is -2.28. The summed E-state index contributed by atoms with van der Waals surface area (Å²) in [5, 5.41) is 6.80. The van der Waals surface area contributed by atoms with Crippen LogP contribution < -0.4 is 4.90 Å². The molecule has 1 aromatic heterocycles. The highest BCUT2D eigenvalue weighted by Crippen LogP contribution is 2.31. The van der Waals surface area contributed by atoms with Crippen molar-refractivity contribution in [3.8, 4) is 11.3 Å². The van der Waals surface area contributed by atoms with Gasteiger partial charge in [-0.05, 0) is 36.6 Å². The summed E-state index contributed by atoms with van der Waals surface area (Å²) in [6.07, 6.45) is 2.67. The first-order valence-electron chi connectivity index (χ1n) is 6.61. The zero-order valence-corrected chi connectivity index (χ0v) is 11.2. The lowest BCUT2D eigenvalue weighted by Crippen LogP contribution is -2.33. The quantitative estimate of drug-likeness (QED) is 0.850. The Kier molecular flexibility index (Phi) is 3.10. The molecule has 1 aromatic carbocycles. The van der Waals surface area contributed by atoms with Gasteiger partial charge in [0.05, 0.1) is 11.4 Å². The summed E-state index contributed by atoms with van der Waals surface area (Å²) < 4.78 is 0. The molecule has 1 amide bonds. The number of rotatable bonds is 2. The van der Waals surface area contributed by atoms with Crippen LogP contribution in [0.4, 0.5) is 5.69 Å². The molecule has 0 unspecified atom stereocenters. The Hall–Kier alpha value is -2.43. The van der Waals surface area contributed by atoms with Crippen molar-refractivity contribution in [1.29, 1.82) is 0 Å². The van der Waals surface area contributed by atoms with E-state index in [4.69, 9.17) is 0 Å². The number of fused-ring (bicyclic) bond motifs is 1. The monoisotopic (exact) mass is 269 g/mol. The minimum absolute atomic E-state index is 0.0710. The minimum atomic E-state index is 0.0710. The number of carbonyl (C=O) groups excluding carboxylic acids is 2. The van der Waals surface area contributed by atoms with Crippen LogP contribution in [0, 0.1) is 0 Å². The molecule has 1 aliphatic rings.